The van der Waals surface area contributed by atoms with Crippen LogP contribution in [0.5, 0.6) is 23.0 Å². The zero-order valence-corrected chi connectivity index (χ0v) is 14.3. The number of methoxy groups -OCH3 is 2. The van der Waals surface area contributed by atoms with E-state index >= 15 is 0 Å². The first-order chi connectivity index (χ1) is 12.5. The fourth-order valence-corrected chi connectivity index (χ4v) is 2.11. The Bertz CT molecular complexity index is 722. The zero-order valence-electron chi connectivity index (χ0n) is 14.3. The maximum Gasteiger partial charge on any atom is 0.387 e. The van der Waals surface area contributed by atoms with Crippen molar-refractivity contribution in [3.8, 4) is 23.0 Å². The number of benzene rings is 2. The summed E-state index contributed by atoms with van der Waals surface area (Å²) in [5, 5.41) is 2.67. The molecule has 0 aliphatic carbocycles. The molecule has 0 radical (unpaired) electrons. The van der Waals surface area contributed by atoms with E-state index in [2.05, 4.69) is 10.1 Å². The van der Waals surface area contributed by atoms with Crippen LogP contribution in [0.1, 0.15) is 10.4 Å². The molecule has 0 spiro atoms. The lowest BCUT2D eigenvalue weighted by Crippen LogP contribution is -2.28. The summed E-state index contributed by atoms with van der Waals surface area (Å²) in [4.78, 5) is 12.1. The largest absolute Gasteiger partial charge is 0.497 e. The molecule has 26 heavy (non-hydrogen) atoms. The Morgan fingerprint density at radius 1 is 1.00 bits per heavy atom. The third kappa shape index (κ3) is 5.51. The van der Waals surface area contributed by atoms with Crippen LogP contribution >= 0.6 is 0 Å². The molecule has 0 saturated heterocycles. The summed E-state index contributed by atoms with van der Waals surface area (Å²) in [5.74, 6) is 0.897. The number of alkyl halides is 2. The number of amides is 1. The highest BCUT2D eigenvalue weighted by Gasteiger charge is 2.14. The number of hydrogen-bond acceptors (Lipinski definition) is 5. The van der Waals surface area contributed by atoms with Crippen LogP contribution in [0.25, 0.3) is 0 Å². The molecule has 2 aromatic rings. The normalized spacial score (nSPS) is 10.3. The van der Waals surface area contributed by atoms with Gasteiger partial charge in [0, 0.05) is 5.56 Å². The summed E-state index contributed by atoms with van der Waals surface area (Å²) in [6.07, 6.45) is 0. The van der Waals surface area contributed by atoms with Gasteiger partial charge in [-0.25, -0.2) is 0 Å². The average molecular weight is 367 g/mol. The summed E-state index contributed by atoms with van der Waals surface area (Å²) in [6, 6.07) is 11.0. The van der Waals surface area contributed by atoms with E-state index in [1.165, 1.54) is 25.3 Å². The van der Waals surface area contributed by atoms with Crippen molar-refractivity contribution in [3.63, 3.8) is 0 Å². The highest BCUT2D eigenvalue weighted by atomic mass is 19.3. The van der Waals surface area contributed by atoms with Crippen LogP contribution in [0.2, 0.25) is 0 Å². The van der Waals surface area contributed by atoms with Crippen LogP contribution in [0.15, 0.2) is 42.5 Å². The summed E-state index contributed by atoms with van der Waals surface area (Å²) >= 11 is 0. The van der Waals surface area contributed by atoms with E-state index in [0.717, 1.165) is 5.75 Å². The first-order valence-corrected chi connectivity index (χ1v) is 7.71. The summed E-state index contributed by atoms with van der Waals surface area (Å²) < 4.78 is 44.4. The number of nitrogens with one attached hydrogen (secondary N) is 1. The predicted molar refractivity (Wildman–Crippen MR) is 90.4 cm³/mol. The molecule has 1 amide bonds. The molecule has 8 heteroatoms. The first kappa shape index (κ1) is 19.3. The van der Waals surface area contributed by atoms with Gasteiger partial charge in [-0.05, 0) is 42.5 Å². The van der Waals surface area contributed by atoms with Gasteiger partial charge in [-0.3, -0.25) is 4.79 Å². The third-order valence-electron chi connectivity index (χ3n) is 3.36. The zero-order chi connectivity index (χ0) is 18.9. The summed E-state index contributed by atoms with van der Waals surface area (Å²) in [6.45, 7) is -2.44. The lowest BCUT2D eigenvalue weighted by Gasteiger charge is -2.12. The highest BCUT2D eigenvalue weighted by Crippen LogP contribution is 2.29. The maximum atomic E-state index is 12.3. The van der Waals surface area contributed by atoms with E-state index in [4.69, 9.17) is 14.2 Å². The minimum Gasteiger partial charge on any atom is -0.497 e. The van der Waals surface area contributed by atoms with Crippen molar-refractivity contribution in [2.24, 2.45) is 0 Å². The molecule has 1 N–H and O–H groups in total. The van der Waals surface area contributed by atoms with Gasteiger partial charge in [0.1, 0.15) is 18.1 Å². The van der Waals surface area contributed by atoms with Crippen molar-refractivity contribution in [2.45, 2.75) is 6.61 Å². The number of halogens is 2. The molecule has 6 nitrogen and oxygen atoms in total. The van der Waals surface area contributed by atoms with E-state index in [1.54, 1.807) is 31.4 Å². The molecule has 0 aromatic heterocycles. The molecule has 0 unspecified atom stereocenters. The number of carbonyl (C=O) groups excluding carboxylic acids is 1. The molecular formula is C18H19F2NO5. The fraction of sp³-hybridized carbons (Fsp3) is 0.278. The molecule has 0 aliphatic rings. The molecule has 0 fully saturated rings. The van der Waals surface area contributed by atoms with Crippen molar-refractivity contribution in [1.82, 2.24) is 5.32 Å². The Balaban J connectivity index is 1.85. The second-order valence-corrected chi connectivity index (χ2v) is 5.02. The van der Waals surface area contributed by atoms with Gasteiger partial charge in [-0.15, -0.1) is 0 Å². The van der Waals surface area contributed by atoms with Crippen LogP contribution in [-0.2, 0) is 0 Å². The van der Waals surface area contributed by atoms with E-state index < -0.39 is 6.61 Å². The summed E-state index contributed by atoms with van der Waals surface area (Å²) in [5.41, 5.74) is 0.257. The Morgan fingerprint density at radius 3 is 2.31 bits per heavy atom. The van der Waals surface area contributed by atoms with Crippen LogP contribution < -0.4 is 24.3 Å². The smallest absolute Gasteiger partial charge is 0.387 e. The standard InChI is InChI=1S/C18H19F2NO5/c1-23-13-4-6-14(7-5-13)25-10-9-21-17(22)12-3-8-15(26-18(19)20)16(11-12)24-2/h3-8,11,18H,9-10H2,1-2H3,(H,21,22). The van der Waals surface area contributed by atoms with Gasteiger partial charge in [0.05, 0.1) is 20.8 Å². The second kappa shape index (κ2) is 9.45. The Kier molecular flexibility index (Phi) is 7.02. The quantitative estimate of drug-likeness (QED) is 0.690. The molecule has 0 aliphatic heterocycles. The number of rotatable bonds is 9. The van der Waals surface area contributed by atoms with Crippen molar-refractivity contribution >= 4 is 5.91 Å². The van der Waals surface area contributed by atoms with Crippen LogP contribution in [0.4, 0.5) is 8.78 Å². The fourth-order valence-electron chi connectivity index (χ4n) is 2.11. The topological polar surface area (TPSA) is 66.0 Å². The van der Waals surface area contributed by atoms with Gasteiger partial charge in [-0.1, -0.05) is 0 Å². The van der Waals surface area contributed by atoms with Gasteiger partial charge >= 0.3 is 6.61 Å². The molecular weight excluding hydrogens is 348 g/mol. The van der Waals surface area contributed by atoms with Crippen molar-refractivity contribution in [2.75, 3.05) is 27.4 Å². The summed E-state index contributed by atoms with van der Waals surface area (Å²) in [7, 11) is 2.88. The Labute approximate surface area is 149 Å². The third-order valence-corrected chi connectivity index (χ3v) is 3.36. The van der Waals surface area contributed by atoms with Gasteiger partial charge in [0.15, 0.2) is 11.5 Å². The van der Waals surface area contributed by atoms with Crippen LogP contribution in [0, 0.1) is 0 Å². The Morgan fingerprint density at radius 2 is 1.69 bits per heavy atom. The van der Waals surface area contributed by atoms with E-state index in [9.17, 15) is 13.6 Å². The number of carbonyl (C=O) groups is 1. The van der Waals surface area contributed by atoms with Gasteiger partial charge in [0.2, 0.25) is 0 Å². The molecule has 0 saturated carbocycles. The lowest BCUT2D eigenvalue weighted by molar-refractivity contribution is -0.0512. The minimum atomic E-state index is -2.97. The first-order valence-electron chi connectivity index (χ1n) is 7.71. The SMILES string of the molecule is COc1ccc(OCCNC(=O)c2ccc(OC(F)F)c(OC)c2)cc1. The van der Waals surface area contributed by atoms with Crippen molar-refractivity contribution < 1.29 is 32.5 Å². The number of hydrogen-bond donors (Lipinski definition) is 1. The van der Waals surface area contributed by atoms with Crippen molar-refractivity contribution in [1.29, 1.82) is 0 Å². The van der Waals surface area contributed by atoms with Crippen LogP contribution in [-0.4, -0.2) is 39.9 Å². The maximum absolute atomic E-state index is 12.3. The Hall–Kier alpha value is -3.03. The number of ether oxygens (including phenoxy) is 4. The van der Waals surface area contributed by atoms with Gasteiger partial charge < -0.3 is 24.3 Å². The highest BCUT2D eigenvalue weighted by molar-refractivity contribution is 5.94. The van der Waals surface area contributed by atoms with Gasteiger partial charge in [0.25, 0.3) is 5.91 Å². The van der Waals surface area contributed by atoms with E-state index in [-0.39, 0.29) is 36.1 Å². The van der Waals surface area contributed by atoms with Crippen molar-refractivity contribution in [3.05, 3.63) is 48.0 Å². The average Bonchev–Trinajstić information content (AvgIpc) is 2.65. The predicted octanol–water partition coefficient (Wildman–Crippen LogP) is 3.11. The molecule has 2 aromatic carbocycles. The monoisotopic (exact) mass is 367 g/mol. The van der Waals surface area contributed by atoms with Crippen LogP contribution in [0.3, 0.4) is 0 Å². The molecule has 140 valence electrons. The van der Waals surface area contributed by atoms with E-state index in [1.807, 2.05) is 0 Å². The molecule has 0 atom stereocenters. The molecule has 0 bridgehead atoms. The van der Waals surface area contributed by atoms with E-state index in [0.29, 0.717) is 5.75 Å². The minimum absolute atomic E-state index is 0.0485. The molecule has 0 heterocycles. The van der Waals surface area contributed by atoms with Gasteiger partial charge in [-0.2, -0.15) is 8.78 Å². The second-order valence-electron chi connectivity index (χ2n) is 5.02. The lowest BCUT2D eigenvalue weighted by atomic mass is 10.2. The molecule has 2 rings (SSSR count).